The van der Waals surface area contributed by atoms with Crippen molar-refractivity contribution in [3.05, 3.63) is 57.3 Å². The van der Waals surface area contributed by atoms with Crippen molar-refractivity contribution in [2.75, 3.05) is 21.3 Å². The molecular weight excluding hydrogens is 380 g/mol. The van der Waals surface area contributed by atoms with Gasteiger partial charge >= 0.3 is 0 Å². The van der Waals surface area contributed by atoms with Gasteiger partial charge in [0.2, 0.25) is 5.75 Å². The van der Waals surface area contributed by atoms with Crippen LogP contribution in [0.15, 0.2) is 41.2 Å². The minimum Gasteiger partial charge on any atom is -0.506 e. The van der Waals surface area contributed by atoms with E-state index in [4.69, 9.17) is 14.2 Å². The molecule has 0 aliphatic heterocycles. The quantitative estimate of drug-likeness (QED) is 0.519. The summed E-state index contributed by atoms with van der Waals surface area (Å²) in [6.45, 7) is 0. The molecule has 0 fully saturated rings. The molecule has 0 bridgehead atoms. The fourth-order valence-electron chi connectivity index (χ4n) is 2.68. The number of aliphatic hydroxyl groups is 1. The number of benzene rings is 2. The number of methoxy groups -OCH3 is 3. The molecule has 0 radical (unpaired) electrons. The maximum absolute atomic E-state index is 12.3. The highest BCUT2D eigenvalue weighted by atomic mass is 32.1. The summed E-state index contributed by atoms with van der Waals surface area (Å²) in [5.74, 6) is 0.648. The number of nitriles is 1. The topological polar surface area (TPSA) is 102 Å². The highest BCUT2D eigenvalue weighted by Gasteiger charge is 2.19. The Morgan fingerprint density at radius 2 is 1.75 bits per heavy atom. The molecule has 0 aliphatic carbocycles. The molecule has 7 nitrogen and oxygen atoms in total. The lowest BCUT2D eigenvalue weighted by Gasteiger charge is -2.14. The SMILES string of the molecule is COc1cc(/C(O)=C(\C#N)c2nc(=O)c3ccccc3s2)cc(OC)c1OC. The van der Waals surface area contributed by atoms with Gasteiger partial charge in [-0.15, -0.1) is 11.3 Å². The third-order valence-corrected chi connectivity index (χ3v) is 5.09. The van der Waals surface area contributed by atoms with E-state index >= 15 is 0 Å². The van der Waals surface area contributed by atoms with Crippen molar-refractivity contribution in [2.45, 2.75) is 0 Å². The van der Waals surface area contributed by atoms with Gasteiger partial charge in [0.05, 0.1) is 26.7 Å². The van der Waals surface area contributed by atoms with Crippen molar-refractivity contribution in [3.8, 4) is 23.3 Å². The van der Waals surface area contributed by atoms with Crippen LogP contribution in [0.25, 0.3) is 21.4 Å². The van der Waals surface area contributed by atoms with Gasteiger partial charge in [-0.25, -0.2) is 0 Å². The zero-order chi connectivity index (χ0) is 20.3. The molecule has 0 unspecified atom stereocenters. The second-order valence-electron chi connectivity index (χ2n) is 5.57. The Kier molecular flexibility index (Phi) is 5.47. The molecule has 1 aromatic heterocycles. The molecule has 3 aromatic rings. The van der Waals surface area contributed by atoms with Crippen LogP contribution in [-0.4, -0.2) is 31.4 Å². The lowest BCUT2D eigenvalue weighted by molar-refractivity contribution is 0.324. The molecule has 3 rings (SSSR count). The number of aliphatic hydroxyl groups excluding tert-OH is 1. The predicted octanol–water partition coefficient (Wildman–Crippen LogP) is 3.63. The minimum absolute atomic E-state index is 0.123. The average molecular weight is 396 g/mol. The number of rotatable bonds is 5. The molecule has 0 amide bonds. The number of hydrogen-bond donors (Lipinski definition) is 1. The summed E-state index contributed by atoms with van der Waals surface area (Å²) in [4.78, 5) is 16.3. The Labute approximate surface area is 164 Å². The Bertz CT molecular complexity index is 1150. The van der Waals surface area contributed by atoms with E-state index in [-0.39, 0.29) is 21.9 Å². The molecule has 0 aliphatic rings. The second-order valence-corrected chi connectivity index (χ2v) is 6.60. The maximum atomic E-state index is 12.3. The van der Waals surface area contributed by atoms with E-state index in [2.05, 4.69) is 4.98 Å². The van der Waals surface area contributed by atoms with Gasteiger partial charge in [0, 0.05) is 10.3 Å². The largest absolute Gasteiger partial charge is 0.506 e. The first kappa shape index (κ1) is 19.2. The van der Waals surface area contributed by atoms with Crippen molar-refractivity contribution in [1.82, 2.24) is 4.98 Å². The zero-order valence-corrected chi connectivity index (χ0v) is 16.2. The van der Waals surface area contributed by atoms with Gasteiger partial charge in [-0.05, 0) is 24.3 Å². The van der Waals surface area contributed by atoms with Gasteiger partial charge in [-0.2, -0.15) is 10.2 Å². The number of hydrogen-bond acceptors (Lipinski definition) is 8. The summed E-state index contributed by atoms with van der Waals surface area (Å²) in [5.41, 5.74) is -0.322. The molecule has 142 valence electrons. The lowest BCUT2D eigenvalue weighted by Crippen LogP contribution is -2.07. The van der Waals surface area contributed by atoms with Crippen LogP contribution >= 0.6 is 11.3 Å². The minimum atomic E-state index is -0.463. The van der Waals surface area contributed by atoms with Crippen LogP contribution in [0, 0.1) is 11.3 Å². The normalized spacial score (nSPS) is 11.5. The van der Waals surface area contributed by atoms with Gasteiger partial charge in [-0.3, -0.25) is 4.79 Å². The standard InChI is InChI=1S/C20H16N2O5S/c1-25-14-8-11(9-15(26-2)18(14)27-3)17(23)13(10-21)20-22-19(24)12-6-4-5-7-16(12)28-20/h4-9,23H,1-3H3/b17-13-. The summed E-state index contributed by atoms with van der Waals surface area (Å²) >= 11 is 1.15. The van der Waals surface area contributed by atoms with Gasteiger partial charge in [0.25, 0.3) is 5.56 Å². The van der Waals surface area contributed by atoms with Crippen LogP contribution in [0.1, 0.15) is 10.6 Å². The summed E-state index contributed by atoms with van der Waals surface area (Å²) in [7, 11) is 4.36. The van der Waals surface area contributed by atoms with Crippen LogP contribution in [0.2, 0.25) is 0 Å². The van der Waals surface area contributed by atoms with Crippen LogP contribution in [-0.2, 0) is 0 Å². The van der Waals surface area contributed by atoms with Gasteiger partial charge < -0.3 is 19.3 Å². The number of nitrogens with zero attached hydrogens (tertiary/aromatic N) is 2. The van der Waals surface area contributed by atoms with Crippen molar-refractivity contribution >= 4 is 32.8 Å². The van der Waals surface area contributed by atoms with Crippen molar-refractivity contribution in [2.24, 2.45) is 0 Å². The van der Waals surface area contributed by atoms with Crippen LogP contribution < -0.4 is 19.8 Å². The highest BCUT2D eigenvalue weighted by molar-refractivity contribution is 7.19. The van der Waals surface area contributed by atoms with E-state index in [1.165, 1.54) is 33.5 Å². The van der Waals surface area contributed by atoms with Crippen LogP contribution in [0.4, 0.5) is 0 Å². The predicted molar refractivity (Wildman–Crippen MR) is 107 cm³/mol. The first-order valence-electron chi connectivity index (χ1n) is 8.08. The Morgan fingerprint density at radius 3 is 2.32 bits per heavy atom. The third-order valence-electron chi connectivity index (χ3n) is 4.03. The summed E-state index contributed by atoms with van der Waals surface area (Å²) in [6.07, 6.45) is 0. The Balaban J connectivity index is 2.24. The Morgan fingerprint density at radius 1 is 1.11 bits per heavy atom. The zero-order valence-electron chi connectivity index (χ0n) is 15.3. The van der Waals surface area contributed by atoms with Crippen LogP contribution in [0.5, 0.6) is 17.2 Å². The van der Waals surface area contributed by atoms with Crippen molar-refractivity contribution in [1.29, 1.82) is 5.26 Å². The summed E-state index contributed by atoms with van der Waals surface area (Å²) in [5, 5.41) is 21.0. The molecule has 0 spiro atoms. The smallest absolute Gasteiger partial charge is 0.279 e. The average Bonchev–Trinajstić information content (AvgIpc) is 2.73. The van der Waals surface area contributed by atoms with Gasteiger partial charge in [-0.1, -0.05) is 12.1 Å². The fourth-order valence-corrected chi connectivity index (χ4v) is 3.68. The number of aromatic nitrogens is 1. The molecule has 28 heavy (non-hydrogen) atoms. The Hall–Kier alpha value is -3.57. The molecule has 0 atom stereocenters. The van der Waals surface area contributed by atoms with Crippen molar-refractivity contribution < 1.29 is 19.3 Å². The summed E-state index contributed by atoms with van der Waals surface area (Å²) < 4.78 is 16.5. The molecular formula is C20H16N2O5S. The number of fused-ring (bicyclic) bond motifs is 1. The monoisotopic (exact) mass is 396 g/mol. The fraction of sp³-hybridized carbons (Fsp3) is 0.150. The first-order chi connectivity index (χ1) is 13.5. The molecule has 0 saturated heterocycles. The van der Waals surface area contributed by atoms with Gasteiger partial charge in [0.15, 0.2) is 11.5 Å². The molecule has 8 heteroatoms. The number of ether oxygens (including phenoxy) is 3. The van der Waals surface area contributed by atoms with E-state index < -0.39 is 5.56 Å². The number of allylic oxidation sites excluding steroid dienone is 1. The van der Waals surface area contributed by atoms with E-state index in [1.807, 2.05) is 6.07 Å². The molecule has 2 aromatic carbocycles. The van der Waals surface area contributed by atoms with Crippen molar-refractivity contribution in [3.63, 3.8) is 0 Å². The highest BCUT2D eigenvalue weighted by Crippen LogP contribution is 2.40. The lowest BCUT2D eigenvalue weighted by atomic mass is 10.1. The van der Waals surface area contributed by atoms with Gasteiger partial charge in [0.1, 0.15) is 22.4 Å². The van der Waals surface area contributed by atoms with E-state index in [0.717, 1.165) is 11.3 Å². The molecule has 1 N–H and O–H groups in total. The molecule has 1 heterocycles. The summed E-state index contributed by atoms with van der Waals surface area (Å²) in [6, 6.07) is 11.9. The van der Waals surface area contributed by atoms with E-state index in [1.54, 1.807) is 24.3 Å². The van der Waals surface area contributed by atoms with E-state index in [9.17, 15) is 15.2 Å². The van der Waals surface area contributed by atoms with Crippen LogP contribution in [0.3, 0.4) is 0 Å². The molecule has 0 saturated carbocycles. The second kappa shape index (κ2) is 7.98. The van der Waals surface area contributed by atoms with E-state index in [0.29, 0.717) is 27.3 Å². The third kappa shape index (κ3) is 3.35. The maximum Gasteiger partial charge on any atom is 0.279 e. The first-order valence-corrected chi connectivity index (χ1v) is 8.89.